The Morgan fingerprint density at radius 3 is 2.19 bits per heavy atom. The van der Waals surface area contributed by atoms with Gasteiger partial charge in [0.1, 0.15) is 5.41 Å². The van der Waals surface area contributed by atoms with Gasteiger partial charge in [-0.1, -0.05) is 6.92 Å². The van der Waals surface area contributed by atoms with Gasteiger partial charge < -0.3 is 4.74 Å². The van der Waals surface area contributed by atoms with Crippen LogP contribution in [0.25, 0.3) is 0 Å². The molecule has 0 amide bonds. The zero-order valence-electron chi connectivity index (χ0n) is 14.1. The van der Waals surface area contributed by atoms with Crippen molar-refractivity contribution in [3.05, 3.63) is 0 Å². The van der Waals surface area contributed by atoms with E-state index in [4.69, 9.17) is 4.74 Å². The largest absolute Gasteiger partial charge is 0.465 e. The smallest absolute Gasteiger partial charge is 0.319 e. The van der Waals surface area contributed by atoms with Crippen LogP contribution in [0.15, 0.2) is 0 Å². The van der Waals surface area contributed by atoms with Crippen LogP contribution in [0.1, 0.15) is 41.0 Å². The van der Waals surface area contributed by atoms with Gasteiger partial charge in [-0.25, -0.2) is 0 Å². The number of ether oxygens (including phenoxy) is 1. The maximum atomic E-state index is 12.4. The number of rotatable bonds is 7. The molecule has 0 aliphatic carbocycles. The fraction of sp³-hybridized carbons (Fsp3) is 0.875. The molecule has 0 bridgehead atoms. The van der Waals surface area contributed by atoms with Crippen molar-refractivity contribution in [1.82, 2.24) is 9.80 Å². The first-order valence-electron chi connectivity index (χ1n) is 7.99. The molecule has 0 radical (unpaired) electrons. The maximum Gasteiger partial charge on any atom is 0.319 e. The fourth-order valence-electron chi connectivity index (χ4n) is 2.45. The molecule has 1 rings (SSSR count). The van der Waals surface area contributed by atoms with Gasteiger partial charge in [0, 0.05) is 32.2 Å². The van der Waals surface area contributed by atoms with Crippen LogP contribution in [-0.2, 0) is 14.3 Å². The zero-order valence-corrected chi connectivity index (χ0v) is 14.1. The average Bonchev–Trinajstić information content (AvgIpc) is 2.47. The van der Waals surface area contributed by atoms with E-state index in [2.05, 4.69) is 23.6 Å². The summed E-state index contributed by atoms with van der Waals surface area (Å²) >= 11 is 0. The molecule has 21 heavy (non-hydrogen) atoms. The topological polar surface area (TPSA) is 49.9 Å². The molecular formula is C16H30N2O3. The molecule has 0 saturated carbocycles. The van der Waals surface area contributed by atoms with Gasteiger partial charge in [-0.2, -0.15) is 0 Å². The van der Waals surface area contributed by atoms with Crippen molar-refractivity contribution in [2.45, 2.75) is 47.1 Å². The van der Waals surface area contributed by atoms with E-state index >= 15 is 0 Å². The highest BCUT2D eigenvalue weighted by Gasteiger charge is 2.38. The molecule has 1 aliphatic rings. The summed E-state index contributed by atoms with van der Waals surface area (Å²) in [5.74, 6) is -0.480. The van der Waals surface area contributed by atoms with Gasteiger partial charge in [0.2, 0.25) is 0 Å². The van der Waals surface area contributed by atoms with Crippen molar-refractivity contribution >= 4 is 11.8 Å². The number of carbonyl (C=O) groups excluding carboxylic acids is 2. The van der Waals surface area contributed by atoms with Crippen molar-refractivity contribution in [3.63, 3.8) is 0 Å². The Kier molecular flexibility index (Phi) is 6.81. The second kappa shape index (κ2) is 7.90. The molecule has 1 atom stereocenters. The first kappa shape index (κ1) is 18.1. The molecule has 1 saturated heterocycles. The molecule has 5 nitrogen and oxygen atoms in total. The standard InChI is InChI=1S/C16H30N2O3/c1-6-13(3)18-10-8-17(9-11-18)12-14(19)16(4,5)15(20)21-7-2/h13H,6-12H2,1-5H3. The van der Waals surface area contributed by atoms with E-state index in [1.807, 2.05) is 0 Å². The minimum Gasteiger partial charge on any atom is -0.465 e. The van der Waals surface area contributed by atoms with Crippen molar-refractivity contribution in [2.24, 2.45) is 5.41 Å². The third-order valence-corrected chi connectivity index (χ3v) is 4.47. The van der Waals surface area contributed by atoms with E-state index in [0.29, 0.717) is 19.2 Å². The number of esters is 1. The van der Waals surface area contributed by atoms with Crippen molar-refractivity contribution in [1.29, 1.82) is 0 Å². The van der Waals surface area contributed by atoms with E-state index in [0.717, 1.165) is 32.6 Å². The summed E-state index contributed by atoms with van der Waals surface area (Å²) in [6.07, 6.45) is 1.15. The number of carbonyl (C=O) groups is 2. The highest BCUT2D eigenvalue weighted by molar-refractivity contribution is 6.03. The Bertz CT molecular complexity index is 361. The van der Waals surface area contributed by atoms with Crippen LogP contribution in [0.4, 0.5) is 0 Å². The number of ketones is 1. The minimum atomic E-state index is -1.05. The van der Waals surface area contributed by atoms with Crippen LogP contribution in [0.5, 0.6) is 0 Å². The Balaban J connectivity index is 2.48. The monoisotopic (exact) mass is 298 g/mol. The fourth-order valence-corrected chi connectivity index (χ4v) is 2.45. The summed E-state index contributed by atoms with van der Waals surface area (Å²) in [6, 6.07) is 0.596. The van der Waals surface area contributed by atoms with Crippen LogP contribution in [-0.4, -0.2) is 66.9 Å². The second-order valence-electron chi connectivity index (χ2n) is 6.34. The van der Waals surface area contributed by atoms with Gasteiger partial charge >= 0.3 is 5.97 Å². The maximum absolute atomic E-state index is 12.4. The van der Waals surface area contributed by atoms with E-state index in [1.165, 1.54) is 0 Å². The predicted octanol–water partition coefficient (Wildman–Crippen LogP) is 1.56. The van der Waals surface area contributed by atoms with Gasteiger partial charge in [0.15, 0.2) is 5.78 Å². The molecule has 1 heterocycles. The summed E-state index contributed by atoms with van der Waals surface area (Å²) < 4.78 is 4.99. The molecule has 1 unspecified atom stereocenters. The third kappa shape index (κ3) is 4.78. The lowest BCUT2D eigenvalue weighted by Crippen LogP contribution is -2.52. The van der Waals surface area contributed by atoms with Gasteiger partial charge in [-0.3, -0.25) is 19.4 Å². The minimum absolute atomic E-state index is 0.0575. The first-order valence-corrected chi connectivity index (χ1v) is 7.99. The lowest BCUT2D eigenvalue weighted by atomic mass is 9.87. The summed E-state index contributed by atoms with van der Waals surface area (Å²) in [4.78, 5) is 28.8. The highest BCUT2D eigenvalue weighted by Crippen LogP contribution is 2.20. The van der Waals surface area contributed by atoms with Crippen molar-refractivity contribution in [3.8, 4) is 0 Å². The van der Waals surface area contributed by atoms with Gasteiger partial charge in [0.05, 0.1) is 13.2 Å². The summed E-state index contributed by atoms with van der Waals surface area (Å²) in [6.45, 7) is 13.9. The quantitative estimate of drug-likeness (QED) is 0.527. The molecule has 1 aliphatic heterocycles. The lowest BCUT2D eigenvalue weighted by molar-refractivity contribution is -0.158. The molecule has 122 valence electrons. The van der Waals surface area contributed by atoms with Crippen LogP contribution in [0, 0.1) is 5.41 Å². The van der Waals surface area contributed by atoms with Crippen molar-refractivity contribution in [2.75, 3.05) is 39.3 Å². The molecule has 0 spiro atoms. The average molecular weight is 298 g/mol. The van der Waals surface area contributed by atoms with E-state index < -0.39 is 11.4 Å². The molecule has 0 aromatic rings. The normalized spacial score (nSPS) is 19.3. The number of hydrogen-bond donors (Lipinski definition) is 0. The number of hydrogen-bond acceptors (Lipinski definition) is 5. The van der Waals surface area contributed by atoms with Crippen LogP contribution in [0.3, 0.4) is 0 Å². The Labute approximate surface area is 128 Å². The lowest BCUT2D eigenvalue weighted by Gasteiger charge is -2.38. The number of nitrogens with zero attached hydrogens (tertiary/aromatic N) is 2. The molecule has 0 N–H and O–H groups in total. The summed E-state index contributed by atoms with van der Waals surface area (Å²) in [7, 11) is 0. The highest BCUT2D eigenvalue weighted by atomic mass is 16.5. The molecule has 0 aromatic heterocycles. The Hall–Kier alpha value is -0.940. The second-order valence-corrected chi connectivity index (χ2v) is 6.34. The van der Waals surface area contributed by atoms with Crippen molar-refractivity contribution < 1.29 is 14.3 Å². The van der Waals surface area contributed by atoms with Gasteiger partial charge in [-0.05, 0) is 34.1 Å². The first-order chi connectivity index (χ1) is 9.82. The molecular weight excluding hydrogens is 268 g/mol. The summed E-state index contributed by atoms with van der Waals surface area (Å²) in [5.41, 5.74) is -1.05. The van der Waals surface area contributed by atoms with E-state index in [-0.39, 0.29) is 5.78 Å². The van der Waals surface area contributed by atoms with Crippen LogP contribution < -0.4 is 0 Å². The van der Waals surface area contributed by atoms with E-state index in [9.17, 15) is 9.59 Å². The SMILES string of the molecule is CCOC(=O)C(C)(C)C(=O)CN1CCN(C(C)CC)CC1. The Morgan fingerprint density at radius 1 is 1.14 bits per heavy atom. The van der Waals surface area contributed by atoms with E-state index in [1.54, 1.807) is 20.8 Å². The molecule has 0 aromatic carbocycles. The van der Waals surface area contributed by atoms with Gasteiger partial charge in [0.25, 0.3) is 0 Å². The Morgan fingerprint density at radius 2 is 1.71 bits per heavy atom. The summed E-state index contributed by atoms with van der Waals surface area (Å²) in [5, 5.41) is 0. The van der Waals surface area contributed by atoms with Crippen LogP contribution >= 0.6 is 0 Å². The molecule has 5 heteroatoms. The zero-order chi connectivity index (χ0) is 16.0. The number of Topliss-reactive ketones (excluding diaryl/α,β-unsaturated/α-hetero) is 1. The number of piperazine rings is 1. The van der Waals surface area contributed by atoms with Crippen LogP contribution in [0.2, 0.25) is 0 Å². The third-order valence-electron chi connectivity index (χ3n) is 4.47. The molecule has 1 fully saturated rings. The predicted molar refractivity (Wildman–Crippen MR) is 83.2 cm³/mol. The van der Waals surface area contributed by atoms with Gasteiger partial charge in [-0.15, -0.1) is 0 Å².